The number of hydrogen-bond acceptors (Lipinski definition) is 3. The van der Waals surface area contributed by atoms with Gasteiger partial charge in [0.05, 0.1) is 0 Å². The van der Waals surface area contributed by atoms with Crippen LogP contribution in [0.15, 0.2) is 60.9 Å². The lowest BCUT2D eigenvalue weighted by Crippen LogP contribution is -2.21. The fourth-order valence-corrected chi connectivity index (χ4v) is 6.22. The first-order valence-electron chi connectivity index (χ1n) is 15.3. The van der Waals surface area contributed by atoms with E-state index >= 15 is 0 Å². The fourth-order valence-electron chi connectivity index (χ4n) is 6.22. The van der Waals surface area contributed by atoms with Crippen molar-refractivity contribution in [3.05, 3.63) is 72.1 Å². The maximum absolute atomic E-state index is 10.7. The van der Waals surface area contributed by atoms with Crippen LogP contribution in [0.4, 0.5) is 0 Å². The van der Waals surface area contributed by atoms with Crippen molar-refractivity contribution in [3.63, 3.8) is 0 Å². The van der Waals surface area contributed by atoms with Crippen LogP contribution >= 0.6 is 0 Å². The maximum Gasteiger partial charge on any atom is 0.303 e. The molecule has 1 aliphatic carbocycles. The molecule has 0 saturated heterocycles. The summed E-state index contributed by atoms with van der Waals surface area (Å²) in [5, 5.41) is 8.78. The van der Waals surface area contributed by atoms with E-state index in [1.165, 1.54) is 92.9 Å². The molecule has 0 radical (unpaired) electrons. The summed E-state index contributed by atoms with van der Waals surface area (Å²) in [5.41, 5.74) is 6.61. The SMILES string of the molecule is CCCCCc1cnc(-c2ccc(-c3ccc(C4(CCCCCCCCC(=O)O)CCCC4)cc3)cc2)nc1. The van der Waals surface area contributed by atoms with Gasteiger partial charge in [0.2, 0.25) is 0 Å². The number of rotatable bonds is 16. The molecular formula is C35H46N2O2. The topological polar surface area (TPSA) is 63.1 Å². The van der Waals surface area contributed by atoms with E-state index in [9.17, 15) is 4.79 Å². The lowest BCUT2D eigenvalue weighted by Gasteiger charge is -2.30. The van der Waals surface area contributed by atoms with Gasteiger partial charge in [-0.2, -0.15) is 0 Å². The fraction of sp³-hybridized carbons (Fsp3) is 0.514. The number of benzene rings is 2. The van der Waals surface area contributed by atoms with Crippen LogP contribution in [0, 0.1) is 0 Å². The number of aliphatic carboxylic acids is 1. The lowest BCUT2D eigenvalue weighted by atomic mass is 9.74. The first-order valence-corrected chi connectivity index (χ1v) is 15.3. The number of hydrogen-bond donors (Lipinski definition) is 1. The molecule has 39 heavy (non-hydrogen) atoms. The van der Waals surface area contributed by atoms with Gasteiger partial charge in [-0.1, -0.05) is 113 Å². The lowest BCUT2D eigenvalue weighted by molar-refractivity contribution is -0.137. The Kier molecular flexibility index (Phi) is 11.1. The van der Waals surface area contributed by atoms with Gasteiger partial charge in [-0.05, 0) is 66.2 Å². The molecule has 0 amide bonds. The molecule has 4 heteroatoms. The van der Waals surface area contributed by atoms with E-state index in [0.29, 0.717) is 11.8 Å². The molecular weight excluding hydrogens is 480 g/mol. The number of aromatic nitrogens is 2. The van der Waals surface area contributed by atoms with Crippen LogP contribution in [0.25, 0.3) is 22.5 Å². The quantitative estimate of drug-likeness (QED) is 0.189. The minimum absolute atomic E-state index is 0.310. The smallest absolute Gasteiger partial charge is 0.303 e. The Labute approximate surface area is 235 Å². The number of unbranched alkanes of at least 4 members (excludes halogenated alkanes) is 7. The summed E-state index contributed by atoms with van der Waals surface area (Å²) < 4.78 is 0. The molecule has 0 atom stereocenters. The van der Waals surface area contributed by atoms with Crippen molar-refractivity contribution in [1.29, 1.82) is 0 Å². The maximum atomic E-state index is 10.7. The first-order chi connectivity index (χ1) is 19.1. The highest BCUT2D eigenvalue weighted by molar-refractivity contribution is 5.68. The molecule has 0 bridgehead atoms. The molecule has 0 aliphatic heterocycles. The molecule has 0 spiro atoms. The molecule has 3 aromatic rings. The molecule has 0 unspecified atom stereocenters. The molecule has 1 saturated carbocycles. The van der Waals surface area contributed by atoms with Crippen molar-refractivity contribution in [1.82, 2.24) is 9.97 Å². The second-order valence-electron chi connectivity index (χ2n) is 11.5. The van der Waals surface area contributed by atoms with Crippen molar-refractivity contribution in [2.24, 2.45) is 0 Å². The number of carboxylic acid groups (broad SMARTS) is 1. The summed E-state index contributed by atoms with van der Waals surface area (Å²) in [5.74, 6) is 0.119. The van der Waals surface area contributed by atoms with E-state index in [2.05, 4.69) is 65.4 Å². The van der Waals surface area contributed by atoms with E-state index in [0.717, 1.165) is 37.1 Å². The minimum Gasteiger partial charge on any atom is -0.481 e. The van der Waals surface area contributed by atoms with E-state index in [-0.39, 0.29) is 0 Å². The Hall–Kier alpha value is -3.01. The van der Waals surface area contributed by atoms with Gasteiger partial charge >= 0.3 is 5.97 Å². The van der Waals surface area contributed by atoms with Crippen LogP contribution in [0.5, 0.6) is 0 Å². The molecule has 4 nitrogen and oxygen atoms in total. The second kappa shape index (κ2) is 15.0. The zero-order valence-corrected chi connectivity index (χ0v) is 23.8. The standard InChI is InChI=1S/C35H46N2O2/c1-2-3-8-13-28-26-36-34(37-27-28)31-17-15-29(16-18-31)30-19-21-32(22-20-30)35(24-11-12-25-35)23-10-7-5-4-6-9-14-33(38)39/h15-22,26-27H,2-14,23-25H2,1H3,(H,38,39). The second-order valence-corrected chi connectivity index (χ2v) is 11.5. The monoisotopic (exact) mass is 526 g/mol. The Morgan fingerprint density at radius 1 is 0.744 bits per heavy atom. The van der Waals surface area contributed by atoms with Gasteiger partial charge in [-0.25, -0.2) is 9.97 Å². The molecule has 1 fully saturated rings. The molecule has 4 rings (SSSR count). The van der Waals surface area contributed by atoms with Crippen LogP contribution in [0.3, 0.4) is 0 Å². The Bertz CT molecular complexity index is 1130. The van der Waals surface area contributed by atoms with E-state index in [1.54, 1.807) is 0 Å². The summed E-state index contributed by atoms with van der Waals surface area (Å²) >= 11 is 0. The summed E-state index contributed by atoms with van der Waals surface area (Å²) in [6.07, 6.45) is 22.3. The van der Waals surface area contributed by atoms with Crippen LogP contribution in [0.2, 0.25) is 0 Å². The Balaban J connectivity index is 1.31. The zero-order chi connectivity index (χ0) is 27.3. The van der Waals surface area contributed by atoms with E-state index < -0.39 is 5.97 Å². The van der Waals surface area contributed by atoms with Gasteiger partial charge < -0.3 is 5.11 Å². The van der Waals surface area contributed by atoms with Crippen molar-refractivity contribution >= 4 is 5.97 Å². The number of carboxylic acids is 1. The van der Waals surface area contributed by atoms with Crippen molar-refractivity contribution in [2.45, 2.75) is 115 Å². The molecule has 1 aromatic heterocycles. The van der Waals surface area contributed by atoms with Gasteiger partial charge in [-0.15, -0.1) is 0 Å². The molecule has 1 heterocycles. The third-order valence-corrected chi connectivity index (χ3v) is 8.60. The van der Waals surface area contributed by atoms with Gasteiger partial charge in [0, 0.05) is 24.4 Å². The predicted molar refractivity (Wildman–Crippen MR) is 161 cm³/mol. The third-order valence-electron chi connectivity index (χ3n) is 8.60. The molecule has 1 aliphatic rings. The normalized spacial score (nSPS) is 14.5. The zero-order valence-electron chi connectivity index (χ0n) is 23.8. The number of aryl methyl sites for hydroxylation is 1. The van der Waals surface area contributed by atoms with Crippen LogP contribution in [-0.4, -0.2) is 21.0 Å². The third kappa shape index (κ3) is 8.49. The highest BCUT2D eigenvalue weighted by Crippen LogP contribution is 2.45. The summed E-state index contributed by atoms with van der Waals surface area (Å²) in [7, 11) is 0. The van der Waals surface area contributed by atoms with Crippen LogP contribution in [-0.2, 0) is 16.6 Å². The first kappa shape index (κ1) is 29.0. The van der Waals surface area contributed by atoms with E-state index in [4.69, 9.17) is 5.11 Å². The van der Waals surface area contributed by atoms with E-state index in [1.807, 2.05) is 12.4 Å². The van der Waals surface area contributed by atoms with Crippen LogP contribution < -0.4 is 0 Å². The van der Waals surface area contributed by atoms with Gasteiger partial charge in [0.1, 0.15) is 0 Å². The minimum atomic E-state index is -0.672. The molecule has 1 N–H and O–H groups in total. The Morgan fingerprint density at radius 2 is 1.31 bits per heavy atom. The highest BCUT2D eigenvalue weighted by Gasteiger charge is 2.34. The predicted octanol–water partition coefficient (Wildman–Crippen LogP) is 9.56. The highest BCUT2D eigenvalue weighted by atomic mass is 16.4. The van der Waals surface area contributed by atoms with Crippen molar-refractivity contribution in [3.8, 4) is 22.5 Å². The summed E-state index contributed by atoms with van der Waals surface area (Å²) in [6.45, 7) is 2.23. The number of nitrogens with zero attached hydrogens (tertiary/aromatic N) is 2. The number of carbonyl (C=O) groups is 1. The molecule has 208 valence electrons. The van der Waals surface area contributed by atoms with Crippen molar-refractivity contribution < 1.29 is 9.90 Å². The summed E-state index contributed by atoms with van der Waals surface area (Å²) in [6, 6.07) is 18.0. The van der Waals surface area contributed by atoms with Crippen LogP contribution in [0.1, 0.15) is 114 Å². The average molecular weight is 527 g/mol. The summed E-state index contributed by atoms with van der Waals surface area (Å²) in [4.78, 5) is 19.9. The molecule has 2 aromatic carbocycles. The van der Waals surface area contributed by atoms with Gasteiger partial charge in [0.15, 0.2) is 5.82 Å². The van der Waals surface area contributed by atoms with Gasteiger partial charge in [-0.3, -0.25) is 4.79 Å². The average Bonchev–Trinajstić information content (AvgIpc) is 3.45. The largest absolute Gasteiger partial charge is 0.481 e. The Morgan fingerprint density at radius 3 is 1.92 bits per heavy atom. The van der Waals surface area contributed by atoms with Crippen molar-refractivity contribution in [2.75, 3.05) is 0 Å². The van der Waals surface area contributed by atoms with Gasteiger partial charge in [0.25, 0.3) is 0 Å².